The van der Waals surface area contributed by atoms with Crippen molar-refractivity contribution in [3.8, 4) is 0 Å². The van der Waals surface area contributed by atoms with Gasteiger partial charge in [-0.3, -0.25) is 0 Å². The van der Waals surface area contributed by atoms with Gasteiger partial charge in [0.25, 0.3) is 0 Å². The fourth-order valence-corrected chi connectivity index (χ4v) is 1.51. The summed E-state index contributed by atoms with van der Waals surface area (Å²) >= 11 is 0. The summed E-state index contributed by atoms with van der Waals surface area (Å²) in [5.41, 5.74) is 0. The average molecular weight is 288 g/mol. The second kappa shape index (κ2) is 18.6. The molecule has 4 nitrogen and oxygen atoms in total. The molecule has 0 spiro atoms. The van der Waals surface area contributed by atoms with Crippen molar-refractivity contribution in [3.05, 3.63) is 12.2 Å². The third kappa shape index (κ3) is 17.6. The van der Waals surface area contributed by atoms with Gasteiger partial charge in [-0.1, -0.05) is 51.7 Å². The molecule has 0 unspecified atom stereocenters. The number of ether oxygens (including phenoxy) is 4. The van der Waals surface area contributed by atoms with Gasteiger partial charge >= 0.3 is 0 Å². The van der Waals surface area contributed by atoms with E-state index >= 15 is 0 Å². The molecule has 0 fully saturated rings. The van der Waals surface area contributed by atoms with E-state index in [1.807, 2.05) is 12.2 Å². The Balaban J connectivity index is 3.01. The molecule has 0 bridgehead atoms. The summed E-state index contributed by atoms with van der Waals surface area (Å²) in [6.45, 7) is 7.80. The Labute approximate surface area is 124 Å². The van der Waals surface area contributed by atoms with E-state index in [0.717, 1.165) is 26.1 Å². The summed E-state index contributed by atoms with van der Waals surface area (Å²) in [7, 11) is 0. The van der Waals surface area contributed by atoms with Gasteiger partial charge in [0.05, 0.1) is 13.2 Å². The molecule has 4 heteroatoms. The highest BCUT2D eigenvalue weighted by Crippen LogP contribution is 1.95. The predicted octanol–water partition coefficient (Wildman–Crippen LogP) is 3.90. The Hall–Kier alpha value is -0.420. The standard InChI is InChI=1S/C16H32O4/c1-3-5-7-11-17-15-19-13-9-10-14-20-16-18-12-8-6-4-2/h9-10H,3-8,11-16H2,1-2H3/b10-9+. The molecule has 0 aliphatic heterocycles. The maximum Gasteiger partial charge on any atom is 0.147 e. The number of unbranched alkanes of at least 4 members (excludes halogenated alkanes) is 4. The van der Waals surface area contributed by atoms with Gasteiger partial charge in [0.2, 0.25) is 0 Å². The first-order chi connectivity index (χ1) is 9.91. The zero-order valence-electron chi connectivity index (χ0n) is 13.3. The average Bonchev–Trinajstić information content (AvgIpc) is 2.47. The van der Waals surface area contributed by atoms with Crippen LogP contribution in [0.2, 0.25) is 0 Å². The summed E-state index contributed by atoms with van der Waals surface area (Å²) in [5.74, 6) is 0. The van der Waals surface area contributed by atoms with E-state index in [1.54, 1.807) is 0 Å². The van der Waals surface area contributed by atoms with Crippen LogP contribution in [0.3, 0.4) is 0 Å². The molecule has 0 atom stereocenters. The molecule has 0 aromatic rings. The van der Waals surface area contributed by atoms with Gasteiger partial charge in [-0.2, -0.15) is 0 Å². The Morgan fingerprint density at radius 2 is 1.05 bits per heavy atom. The van der Waals surface area contributed by atoms with E-state index in [2.05, 4.69) is 13.8 Å². The Morgan fingerprint density at radius 3 is 1.45 bits per heavy atom. The molecule has 0 aliphatic carbocycles. The summed E-state index contributed by atoms with van der Waals surface area (Å²) < 4.78 is 21.2. The van der Waals surface area contributed by atoms with Crippen LogP contribution in [0.4, 0.5) is 0 Å². The highest BCUT2D eigenvalue weighted by Gasteiger charge is 1.89. The van der Waals surface area contributed by atoms with Gasteiger partial charge in [0, 0.05) is 13.2 Å². The maximum atomic E-state index is 5.32. The Kier molecular flexibility index (Phi) is 18.2. The molecular formula is C16H32O4. The normalized spacial score (nSPS) is 11.5. The topological polar surface area (TPSA) is 36.9 Å². The van der Waals surface area contributed by atoms with Gasteiger partial charge in [-0.05, 0) is 12.8 Å². The van der Waals surface area contributed by atoms with Crippen molar-refractivity contribution in [1.82, 2.24) is 0 Å². The number of hydrogen-bond donors (Lipinski definition) is 0. The molecule has 0 heterocycles. The fourth-order valence-electron chi connectivity index (χ4n) is 1.51. The molecule has 0 aliphatic rings. The van der Waals surface area contributed by atoms with Gasteiger partial charge in [0.1, 0.15) is 13.6 Å². The van der Waals surface area contributed by atoms with Crippen molar-refractivity contribution >= 4 is 0 Å². The molecule has 0 amide bonds. The maximum absolute atomic E-state index is 5.32. The minimum atomic E-state index is 0.370. The molecule has 0 aromatic carbocycles. The van der Waals surface area contributed by atoms with Gasteiger partial charge in [-0.25, -0.2) is 0 Å². The number of hydrogen-bond acceptors (Lipinski definition) is 4. The first-order valence-electron chi connectivity index (χ1n) is 7.87. The van der Waals surface area contributed by atoms with Gasteiger partial charge < -0.3 is 18.9 Å². The van der Waals surface area contributed by atoms with Crippen LogP contribution in [0.25, 0.3) is 0 Å². The van der Waals surface area contributed by atoms with Crippen LogP contribution in [0.15, 0.2) is 12.2 Å². The summed E-state index contributed by atoms with van der Waals surface area (Å²) in [4.78, 5) is 0. The first-order valence-corrected chi connectivity index (χ1v) is 7.87. The largest absolute Gasteiger partial charge is 0.355 e. The highest BCUT2D eigenvalue weighted by atomic mass is 16.7. The number of rotatable bonds is 16. The molecule has 0 radical (unpaired) electrons. The monoisotopic (exact) mass is 288 g/mol. The molecule has 0 N–H and O–H groups in total. The van der Waals surface area contributed by atoms with Crippen LogP contribution >= 0.6 is 0 Å². The zero-order chi connectivity index (χ0) is 14.7. The fraction of sp³-hybridized carbons (Fsp3) is 0.875. The summed E-state index contributed by atoms with van der Waals surface area (Å²) in [6.07, 6.45) is 11.0. The first kappa shape index (κ1) is 19.6. The third-order valence-electron chi connectivity index (χ3n) is 2.71. The van der Waals surface area contributed by atoms with Crippen LogP contribution in [0.1, 0.15) is 52.4 Å². The molecular weight excluding hydrogens is 256 g/mol. The van der Waals surface area contributed by atoms with E-state index in [9.17, 15) is 0 Å². The van der Waals surface area contributed by atoms with Crippen LogP contribution in [-0.2, 0) is 18.9 Å². The smallest absolute Gasteiger partial charge is 0.147 e. The highest BCUT2D eigenvalue weighted by molar-refractivity contribution is 4.80. The predicted molar refractivity (Wildman–Crippen MR) is 81.7 cm³/mol. The Morgan fingerprint density at radius 1 is 0.600 bits per heavy atom. The minimum absolute atomic E-state index is 0.370. The molecule has 20 heavy (non-hydrogen) atoms. The van der Waals surface area contributed by atoms with Crippen LogP contribution in [-0.4, -0.2) is 40.0 Å². The summed E-state index contributed by atoms with van der Waals surface area (Å²) in [5, 5.41) is 0. The SMILES string of the molecule is CCCCCOCOC/C=C/COCOCCCCC. The van der Waals surface area contributed by atoms with Gasteiger partial charge in [0.15, 0.2) is 0 Å². The molecule has 0 rings (SSSR count). The van der Waals surface area contributed by atoms with Crippen molar-refractivity contribution < 1.29 is 18.9 Å². The lowest BCUT2D eigenvalue weighted by Gasteiger charge is -2.04. The van der Waals surface area contributed by atoms with Gasteiger partial charge in [-0.15, -0.1) is 0 Å². The van der Waals surface area contributed by atoms with Crippen molar-refractivity contribution in [2.24, 2.45) is 0 Å². The van der Waals surface area contributed by atoms with Crippen LogP contribution in [0, 0.1) is 0 Å². The Bertz CT molecular complexity index is 175. The molecule has 0 saturated heterocycles. The van der Waals surface area contributed by atoms with Crippen molar-refractivity contribution in [1.29, 1.82) is 0 Å². The minimum Gasteiger partial charge on any atom is -0.355 e. The second-order valence-corrected chi connectivity index (χ2v) is 4.68. The molecule has 0 saturated carbocycles. The lowest BCUT2D eigenvalue weighted by atomic mass is 10.3. The van der Waals surface area contributed by atoms with Crippen molar-refractivity contribution in [2.75, 3.05) is 40.0 Å². The van der Waals surface area contributed by atoms with Crippen molar-refractivity contribution in [2.45, 2.75) is 52.4 Å². The van der Waals surface area contributed by atoms with E-state index in [1.165, 1.54) is 25.7 Å². The summed E-state index contributed by atoms with van der Waals surface area (Å²) in [6, 6.07) is 0. The lowest BCUT2D eigenvalue weighted by molar-refractivity contribution is -0.0480. The molecule has 120 valence electrons. The van der Waals surface area contributed by atoms with E-state index < -0.39 is 0 Å². The second-order valence-electron chi connectivity index (χ2n) is 4.68. The van der Waals surface area contributed by atoms with Crippen LogP contribution in [0.5, 0.6) is 0 Å². The van der Waals surface area contributed by atoms with Crippen LogP contribution < -0.4 is 0 Å². The zero-order valence-corrected chi connectivity index (χ0v) is 13.3. The molecule has 0 aromatic heterocycles. The quantitative estimate of drug-likeness (QED) is 0.245. The lowest BCUT2D eigenvalue weighted by Crippen LogP contribution is -2.03. The van der Waals surface area contributed by atoms with E-state index in [0.29, 0.717) is 26.8 Å². The third-order valence-corrected chi connectivity index (χ3v) is 2.71. The van der Waals surface area contributed by atoms with E-state index in [4.69, 9.17) is 18.9 Å². The van der Waals surface area contributed by atoms with Crippen molar-refractivity contribution in [3.63, 3.8) is 0 Å². The van der Waals surface area contributed by atoms with E-state index in [-0.39, 0.29) is 0 Å².